The molecule has 1 aromatic carbocycles. The summed E-state index contributed by atoms with van der Waals surface area (Å²) < 4.78 is 51.8. The van der Waals surface area contributed by atoms with Crippen molar-refractivity contribution in [1.29, 1.82) is 0 Å². The van der Waals surface area contributed by atoms with Crippen LogP contribution in [0.3, 0.4) is 0 Å². The Balaban J connectivity index is 2.47. The first kappa shape index (κ1) is 15.4. The quantitative estimate of drug-likeness (QED) is 0.870. The summed E-state index contributed by atoms with van der Waals surface area (Å²) >= 11 is 0. The van der Waals surface area contributed by atoms with Gasteiger partial charge in [-0.2, -0.15) is 13.2 Å². The van der Waals surface area contributed by atoms with E-state index in [-0.39, 0.29) is 5.56 Å². The number of aromatic nitrogens is 1. The predicted molar refractivity (Wildman–Crippen MR) is 71.3 cm³/mol. The number of pyridine rings is 1. The van der Waals surface area contributed by atoms with E-state index in [4.69, 9.17) is 0 Å². The minimum atomic E-state index is -4.59. The molecule has 1 atom stereocenters. The van der Waals surface area contributed by atoms with Gasteiger partial charge in [-0.25, -0.2) is 4.39 Å². The number of hydrogen-bond donors (Lipinski definition) is 1. The fraction of sp³-hybridized carbons (Fsp3) is 0.267. The lowest BCUT2D eigenvalue weighted by Crippen LogP contribution is -2.20. The van der Waals surface area contributed by atoms with Crippen molar-refractivity contribution in [3.8, 4) is 0 Å². The molecule has 2 aromatic rings. The minimum absolute atomic E-state index is 0.182. The molecule has 6 heteroatoms. The predicted octanol–water partition coefficient (Wildman–Crippen LogP) is 3.86. The van der Waals surface area contributed by atoms with Gasteiger partial charge in [0.05, 0.1) is 17.3 Å². The Kier molecular flexibility index (Phi) is 4.27. The standard InChI is InChI=1S/C15H14F4N2/c1-9-3-4-13(21-8-9)14(20-2)10-5-11(15(17,18)19)7-12(16)6-10/h3-8,14,20H,1-2H3/t14-/m0/s1. The first-order valence-corrected chi connectivity index (χ1v) is 6.29. The summed E-state index contributed by atoms with van der Waals surface area (Å²) in [7, 11) is 1.59. The third-order valence-corrected chi connectivity index (χ3v) is 3.10. The molecule has 2 rings (SSSR count). The zero-order valence-electron chi connectivity index (χ0n) is 11.5. The molecular formula is C15H14F4N2. The summed E-state index contributed by atoms with van der Waals surface area (Å²) in [5, 5.41) is 2.86. The van der Waals surface area contributed by atoms with Gasteiger partial charge in [-0.3, -0.25) is 4.98 Å². The summed E-state index contributed by atoms with van der Waals surface area (Å²) in [4.78, 5) is 4.18. The van der Waals surface area contributed by atoms with Crippen molar-refractivity contribution in [2.75, 3.05) is 7.05 Å². The highest BCUT2D eigenvalue weighted by molar-refractivity contribution is 5.34. The van der Waals surface area contributed by atoms with Gasteiger partial charge in [-0.05, 0) is 49.4 Å². The number of halogens is 4. The van der Waals surface area contributed by atoms with E-state index in [2.05, 4.69) is 10.3 Å². The van der Waals surface area contributed by atoms with E-state index in [0.717, 1.165) is 17.7 Å². The molecule has 1 aromatic heterocycles. The smallest absolute Gasteiger partial charge is 0.308 e. The highest BCUT2D eigenvalue weighted by Crippen LogP contribution is 2.32. The summed E-state index contributed by atoms with van der Waals surface area (Å²) in [6.45, 7) is 1.86. The SMILES string of the molecule is CN[C@@H](c1cc(F)cc(C(F)(F)F)c1)c1ccc(C)cn1. The zero-order valence-corrected chi connectivity index (χ0v) is 11.5. The summed E-state index contributed by atoms with van der Waals surface area (Å²) in [5.41, 5.74) is 0.636. The fourth-order valence-corrected chi connectivity index (χ4v) is 2.08. The van der Waals surface area contributed by atoms with Crippen molar-refractivity contribution in [3.05, 3.63) is 64.7 Å². The average molecular weight is 298 g/mol. The normalized spacial score (nSPS) is 13.2. The lowest BCUT2D eigenvalue weighted by molar-refractivity contribution is -0.137. The van der Waals surface area contributed by atoms with Gasteiger partial charge in [0.1, 0.15) is 5.82 Å². The van der Waals surface area contributed by atoms with Crippen LogP contribution in [0.2, 0.25) is 0 Å². The Labute approximate surface area is 119 Å². The lowest BCUT2D eigenvalue weighted by Gasteiger charge is -2.18. The second-order valence-corrected chi connectivity index (χ2v) is 4.75. The molecule has 0 aliphatic heterocycles. The van der Waals surface area contributed by atoms with Crippen LogP contribution in [0.4, 0.5) is 17.6 Å². The van der Waals surface area contributed by atoms with E-state index in [0.29, 0.717) is 11.8 Å². The van der Waals surface area contributed by atoms with Crippen molar-refractivity contribution in [1.82, 2.24) is 10.3 Å². The fourth-order valence-electron chi connectivity index (χ4n) is 2.08. The molecule has 0 aliphatic carbocycles. The Morgan fingerprint density at radius 1 is 1.14 bits per heavy atom. The highest BCUT2D eigenvalue weighted by atomic mass is 19.4. The second kappa shape index (κ2) is 5.81. The molecule has 0 bridgehead atoms. The van der Waals surface area contributed by atoms with Gasteiger partial charge in [-0.15, -0.1) is 0 Å². The molecule has 0 unspecified atom stereocenters. The summed E-state index contributed by atoms with van der Waals surface area (Å²) in [6.07, 6.45) is -2.97. The topological polar surface area (TPSA) is 24.9 Å². The van der Waals surface area contributed by atoms with Gasteiger partial charge in [0, 0.05) is 6.20 Å². The third-order valence-electron chi connectivity index (χ3n) is 3.10. The zero-order chi connectivity index (χ0) is 15.6. The molecule has 0 saturated heterocycles. The number of rotatable bonds is 3. The van der Waals surface area contributed by atoms with Crippen molar-refractivity contribution in [2.45, 2.75) is 19.1 Å². The largest absolute Gasteiger partial charge is 0.416 e. The van der Waals surface area contributed by atoms with Crippen molar-refractivity contribution in [2.24, 2.45) is 0 Å². The lowest BCUT2D eigenvalue weighted by atomic mass is 10.00. The van der Waals surface area contributed by atoms with Crippen LogP contribution in [0, 0.1) is 12.7 Å². The molecule has 0 saturated carbocycles. The minimum Gasteiger partial charge on any atom is -0.308 e. The van der Waals surface area contributed by atoms with E-state index >= 15 is 0 Å². The summed E-state index contributed by atoms with van der Waals surface area (Å²) in [5.74, 6) is -0.924. The highest BCUT2D eigenvalue weighted by Gasteiger charge is 2.32. The first-order valence-electron chi connectivity index (χ1n) is 6.29. The van der Waals surface area contributed by atoms with Gasteiger partial charge in [0.2, 0.25) is 0 Å². The monoisotopic (exact) mass is 298 g/mol. The number of nitrogens with zero attached hydrogens (tertiary/aromatic N) is 1. The summed E-state index contributed by atoms with van der Waals surface area (Å²) in [6, 6.07) is 5.40. The molecule has 21 heavy (non-hydrogen) atoms. The third kappa shape index (κ3) is 3.58. The van der Waals surface area contributed by atoms with Crippen LogP contribution >= 0.6 is 0 Å². The molecule has 1 heterocycles. The number of hydrogen-bond acceptors (Lipinski definition) is 2. The van der Waals surface area contributed by atoms with Crippen LogP contribution in [-0.2, 0) is 6.18 Å². The van der Waals surface area contributed by atoms with Crippen molar-refractivity contribution in [3.63, 3.8) is 0 Å². The van der Waals surface area contributed by atoms with Gasteiger partial charge < -0.3 is 5.32 Å². The molecule has 0 amide bonds. The van der Waals surface area contributed by atoms with Crippen LogP contribution in [0.1, 0.15) is 28.4 Å². The van der Waals surface area contributed by atoms with Gasteiger partial charge >= 0.3 is 6.18 Å². The van der Waals surface area contributed by atoms with Crippen molar-refractivity contribution >= 4 is 0 Å². The molecule has 2 nitrogen and oxygen atoms in total. The molecule has 0 radical (unpaired) electrons. The van der Waals surface area contributed by atoms with Gasteiger partial charge in [-0.1, -0.05) is 6.07 Å². The van der Waals surface area contributed by atoms with E-state index < -0.39 is 23.6 Å². The number of alkyl halides is 3. The maximum atomic E-state index is 13.5. The maximum absolute atomic E-state index is 13.5. The molecule has 0 fully saturated rings. The Bertz CT molecular complexity index is 621. The number of benzene rings is 1. The Hall–Kier alpha value is -1.95. The average Bonchev–Trinajstić information content (AvgIpc) is 2.40. The second-order valence-electron chi connectivity index (χ2n) is 4.75. The van der Waals surface area contributed by atoms with Crippen LogP contribution < -0.4 is 5.32 Å². The van der Waals surface area contributed by atoms with Crippen molar-refractivity contribution < 1.29 is 17.6 Å². The van der Waals surface area contributed by atoms with E-state index in [9.17, 15) is 17.6 Å². The molecule has 0 aliphatic rings. The number of aryl methyl sites for hydroxylation is 1. The Morgan fingerprint density at radius 3 is 2.38 bits per heavy atom. The van der Waals surface area contributed by atoms with Crippen LogP contribution in [0.15, 0.2) is 36.5 Å². The van der Waals surface area contributed by atoms with Crippen LogP contribution in [0.5, 0.6) is 0 Å². The van der Waals surface area contributed by atoms with Crippen LogP contribution in [-0.4, -0.2) is 12.0 Å². The van der Waals surface area contributed by atoms with E-state index in [1.54, 1.807) is 25.4 Å². The molecular weight excluding hydrogens is 284 g/mol. The first-order chi connectivity index (χ1) is 9.81. The number of nitrogens with one attached hydrogen (secondary N) is 1. The molecule has 0 spiro atoms. The molecule has 1 N–H and O–H groups in total. The van der Waals surface area contributed by atoms with Gasteiger partial charge in [0.15, 0.2) is 0 Å². The van der Waals surface area contributed by atoms with E-state index in [1.807, 2.05) is 6.92 Å². The molecule has 112 valence electrons. The van der Waals surface area contributed by atoms with E-state index in [1.165, 1.54) is 0 Å². The van der Waals surface area contributed by atoms with Gasteiger partial charge in [0.25, 0.3) is 0 Å². The Morgan fingerprint density at radius 2 is 1.86 bits per heavy atom. The van der Waals surface area contributed by atoms with Crippen LogP contribution in [0.25, 0.3) is 0 Å². The maximum Gasteiger partial charge on any atom is 0.416 e.